The van der Waals surface area contributed by atoms with Gasteiger partial charge in [0, 0.05) is 38.0 Å². The summed E-state index contributed by atoms with van der Waals surface area (Å²) in [7, 11) is 0. The van der Waals surface area contributed by atoms with Crippen molar-refractivity contribution in [3.63, 3.8) is 0 Å². The molecule has 3 spiro atoms. The van der Waals surface area contributed by atoms with Crippen LogP contribution in [0.15, 0.2) is 36.0 Å². The van der Waals surface area contributed by atoms with Crippen LogP contribution in [0.4, 0.5) is 0 Å². The van der Waals surface area contributed by atoms with Crippen molar-refractivity contribution < 1.29 is 53.3 Å². The Bertz CT molecular complexity index is 1410. The third kappa shape index (κ3) is 8.52. The average Bonchev–Trinajstić information content (AvgIpc) is 3.53. The van der Waals surface area contributed by atoms with Gasteiger partial charge in [-0.3, -0.25) is 4.79 Å². The molecule has 0 aromatic heterocycles. The lowest BCUT2D eigenvalue weighted by Crippen LogP contribution is -2.60. The average molecular weight is 759 g/mol. The Morgan fingerprint density at radius 1 is 0.981 bits per heavy atom. The molecule has 11 heteroatoms. The Balaban J connectivity index is 0.921. The molecule has 0 bridgehead atoms. The largest absolute Gasteiger partial charge is 0.390 e. The van der Waals surface area contributed by atoms with E-state index in [9.17, 15) is 20.1 Å². The molecule has 11 nitrogen and oxygen atoms in total. The third-order valence-electron chi connectivity index (χ3n) is 13.4. The van der Waals surface area contributed by atoms with Crippen LogP contribution in [0.2, 0.25) is 0 Å². The highest BCUT2D eigenvalue weighted by Gasteiger charge is 2.54. The van der Waals surface area contributed by atoms with Crippen molar-refractivity contribution in [2.45, 2.75) is 203 Å². The van der Waals surface area contributed by atoms with E-state index in [0.717, 1.165) is 50.7 Å². The molecule has 54 heavy (non-hydrogen) atoms. The summed E-state index contributed by atoms with van der Waals surface area (Å²) < 4.78 is 45.3. The lowest BCUT2D eigenvalue weighted by Gasteiger charge is -2.50. The van der Waals surface area contributed by atoms with Crippen LogP contribution in [0.3, 0.4) is 0 Å². The fourth-order valence-electron chi connectivity index (χ4n) is 10.3. The number of aliphatic hydroxyl groups excluding tert-OH is 3. The van der Waals surface area contributed by atoms with Crippen LogP contribution >= 0.6 is 0 Å². The second kappa shape index (κ2) is 16.4. The maximum atomic E-state index is 11.8. The molecule has 7 heterocycles. The molecule has 6 saturated heterocycles. The van der Waals surface area contributed by atoms with Crippen molar-refractivity contribution in [1.29, 1.82) is 0 Å². The van der Waals surface area contributed by atoms with Crippen LogP contribution in [-0.2, 0) is 38.0 Å². The van der Waals surface area contributed by atoms with Crippen LogP contribution in [0.25, 0.3) is 0 Å². The molecule has 0 saturated carbocycles. The van der Waals surface area contributed by atoms with E-state index in [-0.39, 0.29) is 48.1 Å². The van der Waals surface area contributed by atoms with Crippen LogP contribution in [-0.4, -0.2) is 106 Å². The highest BCUT2D eigenvalue weighted by molar-refractivity contribution is 5.76. The summed E-state index contributed by atoms with van der Waals surface area (Å²) in [5.41, 5.74) is 1.53. The first kappa shape index (κ1) is 40.7. The summed E-state index contributed by atoms with van der Waals surface area (Å²) in [4.78, 5) is 11.8. The molecular weight excluding hydrogens is 692 g/mol. The fourth-order valence-corrected chi connectivity index (χ4v) is 10.3. The van der Waals surface area contributed by atoms with Crippen LogP contribution in [0.1, 0.15) is 125 Å². The van der Waals surface area contributed by atoms with Gasteiger partial charge in [-0.15, -0.1) is 0 Å². The molecule has 0 radical (unpaired) electrons. The molecular formula is C43H66O11. The summed E-state index contributed by atoms with van der Waals surface area (Å²) >= 11 is 0. The normalized spacial score (nSPS) is 46.1. The quantitative estimate of drug-likeness (QED) is 0.240. The maximum Gasteiger partial charge on any atom is 0.215 e. The summed E-state index contributed by atoms with van der Waals surface area (Å²) in [6.07, 6.45) is 11.5. The summed E-state index contributed by atoms with van der Waals surface area (Å²) in [5, 5.41) is 34.1. The van der Waals surface area contributed by atoms with E-state index >= 15 is 0 Å². The number of hydrogen-bond acceptors (Lipinski definition) is 11. The van der Waals surface area contributed by atoms with Gasteiger partial charge in [-0.05, 0) is 95.1 Å². The molecule has 3 N–H and O–H groups in total. The van der Waals surface area contributed by atoms with E-state index < -0.39 is 47.9 Å². The maximum absolute atomic E-state index is 11.8. The van der Waals surface area contributed by atoms with Gasteiger partial charge < -0.3 is 48.5 Å². The second-order valence-corrected chi connectivity index (χ2v) is 18.0. The molecule has 0 amide bonds. The van der Waals surface area contributed by atoms with Crippen LogP contribution < -0.4 is 0 Å². The van der Waals surface area contributed by atoms with E-state index in [4.69, 9.17) is 33.2 Å². The number of carbonyl (C=O) groups excluding carboxylic acids is 1. The molecule has 0 unspecified atom stereocenters. The predicted octanol–water partition coefficient (Wildman–Crippen LogP) is 5.97. The monoisotopic (exact) mass is 758 g/mol. The zero-order valence-corrected chi connectivity index (χ0v) is 33.2. The van der Waals surface area contributed by atoms with Crippen molar-refractivity contribution in [3.8, 4) is 0 Å². The van der Waals surface area contributed by atoms with Crippen LogP contribution in [0.5, 0.6) is 0 Å². The van der Waals surface area contributed by atoms with Gasteiger partial charge in [0.05, 0.1) is 43.2 Å². The van der Waals surface area contributed by atoms with Gasteiger partial charge in [0.2, 0.25) is 5.79 Å². The van der Waals surface area contributed by atoms with Gasteiger partial charge >= 0.3 is 0 Å². The zero-order valence-electron chi connectivity index (χ0n) is 33.2. The van der Waals surface area contributed by atoms with Crippen molar-refractivity contribution in [3.05, 3.63) is 36.0 Å². The summed E-state index contributed by atoms with van der Waals surface area (Å²) in [6.45, 7) is 15.0. The minimum Gasteiger partial charge on any atom is -0.390 e. The first-order chi connectivity index (χ1) is 25.7. The van der Waals surface area contributed by atoms with Gasteiger partial charge in [-0.25, -0.2) is 0 Å². The van der Waals surface area contributed by atoms with E-state index in [0.29, 0.717) is 62.9 Å². The van der Waals surface area contributed by atoms with Gasteiger partial charge in [-0.2, -0.15) is 0 Å². The van der Waals surface area contributed by atoms with Gasteiger partial charge in [0.1, 0.15) is 30.2 Å². The Morgan fingerprint density at radius 2 is 1.76 bits per heavy atom. The Kier molecular flexibility index (Phi) is 12.3. The molecule has 0 aromatic rings. The number of carbonyl (C=O) groups is 1. The topological polar surface area (TPSA) is 142 Å². The molecule has 16 atom stereocenters. The number of Topliss-reactive ketones (excluding diaryl/α,β-unsaturated/α-hetero) is 1. The lowest BCUT2D eigenvalue weighted by molar-refractivity contribution is -0.320. The Hall–Kier alpha value is -1.51. The van der Waals surface area contributed by atoms with Crippen molar-refractivity contribution in [2.24, 2.45) is 17.8 Å². The zero-order chi connectivity index (χ0) is 38.4. The smallest absolute Gasteiger partial charge is 0.215 e. The van der Waals surface area contributed by atoms with Gasteiger partial charge in [-0.1, -0.05) is 45.1 Å². The van der Waals surface area contributed by atoms with Crippen molar-refractivity contribution in [1.82, 2.24) is 0 Å². The van der Waals surface area contributed by atoms with E-state index in [1.807, 2.05) is 13.0 Å². The number of ether oxygens (including phenoxy) is 7. The predicted molar refractivity (Wildman–Crippen MR) is 200 cm³/mol. The second-order valence-electron chi connectivity index (χ2n) is 18.0. The first-order valence-corrected chi connectivity index (χ1v) is 21.0. The fraction of sp³-hybridized carbons (Fsp3) is 0.837. The first-order valence-electron chi connectivity index (χ1n) is 21.0. The molecule has 6 fully saturated rings. The number of hydrogen-bond donors (Lipinski definition) is 3. The minimum absolute atomic E-state index is 0.00359. The van der Waals surface area contributed by atoms with E-state index in [2.05, 4.69) is 39.5 Å². The van der Waals surface area contributed by atoms with Gasteiger partial charge in [0.25, 0.3) is 0 Å². The summed E-state index contributed by atoms with van der Waals surface area (Å²) in [6, 6.07) is 0. The lowest BCUT2D eigenvalue weighted by atomic mass is 9.79. The van der Waals surface area contributed by atoms with E-state index in [1.54, 1.807) is 6.92 Å². The molecule has 7 aliphatic rings. The highest BCUT2D eigenvalue weighted by atomic mass is 16.7. The number of fused-ring (bicyclic) bond motifs is 1. The highest BCUT2D eigenvalue weighted by Crippen LogP contribution is 2.47. The standard InChI is InChI=1S/C43H66O11/c1-25-21-35(52-43(24-25)36(46)12-11-32(51-43)23-29(5)44)26(2)9-10-31-14-18-42(50-31)19-15-34-40(54-42)37(47)30(6)39(49-34)33(45)22-28(4)38-27(3)13-17-41(53-38)16-7-8-20-48-41/h9-10,24,26-28,31-40,45-47H,6-8,11-23H2,1-5H3/b10-9+/t26-,27+,28-,31-,32-,33+,34-,35-,36-,37-,38+,39-,40+,41-,42+,43-/m0/s1. The third-order valence-corrected chi connectivity index (χ3v) is 13.4. The Labute approximate surface area is 321 Å². The SMILES string of the molecule is C=C1[C@H](O)[C@@H]2O[C@@]3(CC[C@@H]2O[C@@H]1[C@H](O)C[C@H](C)[C@@H]1O[C@@]2(CCCCO2)CC[C@H]1C)CC[C@H](/C=C/[C@H](C)[C@@H]1CC(C)=C[C@]2(O[C@H](CC(C)=O)CC[C@@H]2O)O1)O3. The summed E-state index contributed by atoms with van der Waals surface area (Å²) in [5.74, 6) is -2.08. The van der Waals surface area contributed by atoms with Crippen molar-refractivity contribution in [2.75, 3.05) is 6.61 Å². The van der Waals surface area contributed by atoms with Gasteiger partial charge in [0.15, 0.2) is 11.6 Å². The molecule has 7 rings (SSSR count). The Morgan fingerprint density at radius 3 is 2.52 bits per heavy atom. The number of ketones is 1. The molecule has 0 aliphatic carbocycles. The number of rotatable bonds is 9. The van der Waals surface area contributed by atoms with Crippen LogP contribution in [0, 0.1) is 17.8 Å². The molecule has 7 aliphatic heterocycles. The molecule has 304 valence electrons. The van der Waals surface area contributed by atoms with Crippen molar-refractivity contribution >= 4 is 5.78 Å². The minimum atomic E-state index is -1.25. The van der Waals surface area contributed by atoms with E-state index in [1.165, 1.54) is 0 Å². The number of aliphatic hydroxyl groups is 3. The molecule has 0 aromatic carbocycles.